The number of hydrogen-bond donors (Lipinski definition) is 0. The van der Waals surface area contributed by atoms with Crippen LogP contribution in [0.1, 0.15) is 10.6 Å². The van der Waals surface area contributed by atoms with Crippen molar-refractivity contribution in [3.63, 3.8) is 0 Å². The summed E-state index contributed by atoms with van der Waals surface area (Å²) in [5.74, 6) is 0.119. The fraction of sp³-hybridized carbons (Fsp3) is 0. The molecule has 12 heavy (non-hydrogen) atoms. The van der Waals surface area contributed by atoms with Crippen LogP contribution in [0.25, 0.3) is 11.0 Å². The van der Waals surface area contributed by atoms with Gasteiger partial charge in [-0.15, -0.1) is 10.2 Å². The number of fused-ring (bicyclic) bond motifs is 1. The van der Waals surface area contributed by atoms with Gasteiger partial charge in [-0.05, 0) is 12.1 Å². The third-order valence-corrected chi connectivity index (χ3v) is 1.48. The monoisotopic (exact) mass is 159 g/mol. The number of benzene rings is 1. The van der Waals surface area contributed by atoms with Crippen LogP contribution in [0.3, 0.4) is 0 Å². The molecule has 2 rings (SSSR count). The third-order valence-electron chi connectivity index (χ3n) is 1.48. The Morgan fingerprint density at radius 3 is 2.58 bits per heavy atom. The molecule has 4 nitrogen and oxygen atoms in total. The molecule has 0 N–H and O–H groups in total. The number of hydrogen-bond acceptors (Lipinski definition) is 4. The van der Waals surface area contributed by atoms with Crippen LogP contribution < -0.4 is 0 Å². The second-order valence-electron chi connectivity index (χ2n) is 2.28. The van der Waals surface area contributed by atoms with Gasteiger partial charge in [-0.3, -0.25) is 4.79 Å². The number of para-hydroxylation sites is 1. The first-order valence-corrected chi connectivity index (χ1v) is 3.45. The summed E-state index contributed by atoms with van der Waals surface area (Å²) >= 11 is 0. The molecule has 1 aromatic heterocycles. The van der Waals surface area contributed by atoms with Gasteiger partial charge >= 0.3 is 0 Å². The van der Waals surface area contributed by atoms with E-state index in [1.54, 1.807) is 12.1 Å². The third kappa shape index (κ3) is 1.03. The Balaban J connectivity index is 2.75. The van der Waals surface area contributed by atoms with Crippen LogP contribution in [0.15, 0.2) is 24.3 Å². The van der Waals surface area contributed by atoms with Gasteiger partial charge in [0.25, 0.3) is 0 Å². The minimum atomic E-state index is 0.119. The van der Waals surface area contributed by atoms with Gasteiger partial charge in [-0.25, -0.2) is 4.98 Å². The van der Waals surface area contributed by atoms with E-state index in [-0.39, 0.29) is 5.82 Å². The minimum absolute atomic E-state index is 0.119. The first-order valence-electron chi connectivity index (χ1n) is 3.45. The molecule has 0 saturated carbocycles. The number of aromatic nitrogens is 3. The zero-order valence-electron chi connectivity index (χ0n) is 6.14. The first-order chi connectivity index (χ1) is 5.90. The highest BCUT2D eigenvalue weighted by molar-refractivity contribution is 5.77. The lowest BCUT2D eigenvalue weighted by atomic mass is 10.3. The second-order valence-corrected chi connectivity index (χ2v) is 2.28. The highest BCUT2D eigenvalue weighted by atomic mass is 16.1. The van der Waals surface area contributed by atoms with Crippen molar-refractivity contribution in [2.45, 2.75) is 0 Å². The summed E-state index contributed by atoms with van der Waals surface area (Å²) in [5.41, 5.74) is 1.39. The average molecular weight is 159 g/mol. The van der Waals surface area contributed by atoms with Crippen LogP contribution in [-0.4, -0.2) is 21.5 Å². The summed E-state index contributed by atoms with van der Waals surface area (Å²) in [6.07, 6.45) is 0.583. The Morgan fingerprint density at radius 1 is 1.08 bits per heavy atom. The Kier molecular flexibility index (Phi) is 1.51. The molecule has 2 aromatic rings. The SMILES string of the molecule is O=Cc1nnc2ccccc2n1. The fourth-order valence-electron chi connectivity index (χ4n) is 0.944. The summed E-state index contributed by atoms with van der Waals surface area (Å²) in [4.78, 5) is 14.2. The Hall–Kier alpha value is -1.84. The van der Waals surface area contributed by atoms with E-state index in [9.17, 15) is 4.79 Å². The van der Waals surface area contributed by atoms with Crippen LogP contribution in [-0.2, 0) is 0 Å². The number of carbonyl (C=O) groups is 1. The molecule has 4 heteroatoms. The lowest BCUT2D eigenvalue weighted by Crippen LogP contribution is -1.95. The molecule has 58 valence electrons. The van der Waals surface area contributed by atoms with Gasteiger partial charge in [0.05, 0.1) is 5.52 Å². The summed E-state index contributed by atoms with van der Waals surface area (Å²) in [6, 6.07) is 7.27. The van der Waals surface area contributed by atoms with E-state index in [1.807, 2.05) is 12.1 Å². The fourth-order valence-corrected chi connectivity index (χ4v) is 0.944. The summed E-state index contributed by atoms with van der Waals surface area (Å²) in [6.45, 7) is 0. The Labute approximate surface area is 68.3 Å². The van der Waals surface area contributed by atoms with E-state index in [4.69, 9.17) is 0 Å². The van der Waals surface area contributed by atoms with Crippen molar-refractivity contribution in [3.8, 4) is 0 Å². The molecular weight excluding hydrogens is 154 g/mol. The predicted octanol–water partition coefficient (Wildman–Crippen LogP) is 0.837. The molecule has 1 aromatic carbocycles. The normalized spacial score (nSPS) is 10.0. The molecule has 0 unspecified atom stereocenters. The van der Waals surface area contributed by atoms with E-state index in [1.165, 1.54) is 0 Å². The first kappa shape index (κ1) is 6.84. The van der Waals surface area contributed by atoms with E-state index >= 15 is 0 Å². The highest BCUT2D eigenvalue weighted by Crippen LogP contribution is 2.05. The zero-order valence-corrected chi connectivity index (χ0v) is 6.14. The Bertz CT molecular complexity index is 427. The van der Waals surface area contributed by atoms with Crippen molar-refractivity contribution in [2.24, 2.45) is 0 Å². The second kappa shape index (κ2) is 2.65. The van der Waals surface area contributed by atoms with Crippen molar-refractivity contribution in [1.82, 2.24) is 15.2 Å². The summed E-state index contributed by atoms with van der Waals surface area (Å²) in [7, 11) is 0. The van der Waals surface area contributed by atoms with Crippen LogP contribution in [0.4, 0.5) is 0 Å². The van der Waals surface area contributed by atoms with Crippen LogP contribution >= 0.6 is 0 Å². The van der Waals surface area contributed by atoms with Gasteiger partial charge in [0, 0.05) is 0 Å². The van der Waals surface area contributed by atoms with E-state index in [0.717, 1.165) is 0 Å². The molecule has 0 aliphatic heterocycles. The quantitative estimate of drug-likeness (QED) is 0.578. The zero-order chi connectivity index (χ0) is 8.39. The number of aldehydes is 1. The largest absolute Gasteiger partial charge is 0.294 e. The maximum Gasteiger partial charge on any atom is 0.215 e. The average Bonchev–Trinajstić information content (AvgIpc) is 2.17. The van der Waals surface area contributed by atoms with E-state index < -0.39 is 0 Å². The van der Waals surface area contributed by atoms with Crippen LogP contribution in [0.2, 0.25) is 0 Å². The predicted molar refractivity (Wildman–Crippen MR) is 42.7 cm³/mol. The standard InChI is InChI=1S/C8H5N3O/c12-5-8-9-6-3-1-2-4-7(6)10-11-8/h1-5H. The minimum Gasteiger partial charge on any atom is -0.294 e. The molecule has 0 bridgehead atoms. The smallest absolute Gasteiger partial charge is 0.215 e. The van der Waals surface area contributed by atoms with Crippen molar-refractivity contribution in [2.75, 3.05) is 0 Å². The molecule has 0 amide bonds. The maximum absolute atomic E-state index is 10.3. The number of rotatable bonds is 1. The molecular formula is C8H5N3O. The van der Waals surface area contributed by atoms with Crippen molar-refractivity contribution >= 4 is 17.3 Å². The maximum atomic E-state index is 10.3. The van der Waals surface area contributed by atoms with Gasteiger partial charge in [0.15, 0.2) is 6.29 Å². The molecule has 0 atom stereocenters. The molecule has 0 aliphatic rings. The van der Waals surface area contributed by atoms with Gasteiger partial charge in [-0.2, -0.15) is 0 Å². The molecule has 0 saturated heterocycles. The van der Waals surface area contributed by atoms with Crippen molar-refractivity contribution in [1.29, 1.82) is 0 Å². The van der Waals surface area contributed by atoms with Gasteiger partial charge in [0.1, 0.15) is 5.52 Å². The highest BCUT2D eigenvalue weighted by Gasteiger charge is 1.97. The molecule has 0 spiro atoms. The molecule has 0 fully saturated rings. The topological polar surface area (TPSA) is 55.7 Å². The van der Waals surface area contributed by atoms with E-state index in [0.29, 0.717) is 17.3 Å². The van der Waals surface area contributed by atoms with Crippen LogP contribution in [0, 0.1) is 0 Å². The number of nitrogens with zero attached hydrogens (tertiary/aromatic N) is 3. The van der Waals surface area contributed by atoms with Gasteiger partial charge < -0.3 is 0 Å². The van der Waals surface area contributed by atoms with Crippen LogP contribution in [0.5, 0.6) is 0 Å². The summed E-state index contributed by atoms with van der Waals surface area (Å²) in [5, 5.41) is 7.40. The van der Waals surface area contributed by atoms with Gasteiger partial charge in [0.2, 0.25) is 5.82 Å². The van der Waals surface area contributed by atoms with Gasteiger partial charge in [-0.1, -0.05) is 12.1 Å². The van der Waals surface area contributed by atoms with E-state index in [2.05, 4.69) is 15.2 Å². The van der Waals surface area contributed by atoms with Crippen molar-refractivity contribution in [3.05, 3.63) is 30.1 Å². The number of carbonyl (C=O) groups excluding carboxylic acids is 1. The molecule has 1 heterocycles. The Morgan fingerprint density at radius 2 is 1.83 bits per heavy atom. The lowest BCUT2D eigenvalue weighted by Gasteiger charge is -1.93. The molecule has 0 radical (unpaired) electrons. The molecule has 0 aliphatic carbocycles. The lowest BCUT2D eigenvalue weighted by molar-refractivity contribution is 0.111. The van der Waals surface area contributed by atoms with Crippen molar-refractivity contribution < 1.29 is 4.79 Å². The summed E-state index contributed by atoms with van der Waals surface area (Å²) < 4.78 is 0.